The number of halogens is 1. The summed E-state index contributed by atoms with van der Waals surface area (Å²) in [6.45, 7) is 1.86. The first kappa shape index (κ1) is 13.5. The second kappa shape index (κ2) is 5.87. The summed E-state index contributed by atoms with van der Waals surface area (Å²) in [6.07, 6.45) is 0.605. The molecular weight excluding hydrogens is 267 g/mol. The predicted octanol–water partition coefficient (Wildman–Crippen LogP) is 3.95. The van der Waals surface area contributed by atoms with Gasteiger partial charge in [-0.15, -0.1) is 0 Å². The van der Waals surface area contributed by atoms with Crippen LogP contribution < -0.4 is 0 Å². The van der Waals surface area contributed by atoms with Gasteiger partial charge in [0.05, 0.1) is 5.92 Å². The second-order valence-electron chi connectivity index (χ2n) is 4.95. The smallest absolute Gasteiger partial charge is 0.234 e. The van der Waals surface area contributed by atoms with Crippen LogP contribution in [-0.2, 0) is 6.42 Å². The number of aromatic nitrogens is 2. The zero-order valence-corrected chi connectivity index (χ0v) is 11.7. The van der Waals surface area contributed by atoms with E-state index in [4.69, 9.17) is 4.52 Å². The number of hydrogen-bond donors (Lipinski definition) is 0. The molecule has 0 bridgehead atoms. The lowest BCUT2D eigenvalue weighted by Crippen LogP contribution is -2.00. The van der Waals surface area contributed by atoms with Crippen LogP contribution in [0.2, 0.25) is 0 Å². The zero-order chi connectivity index (χ0) is 14.7. The van der Waals surface area contributed by atoms with E-state index in [-0.39, 0.29) is 11.7 Å². The first-order valence-corrected chi connectivity index (χ1v) is 6.85. The molecule has 21 heavy (non-hydrogen) atoms. The van der Waals surface area contributed by atoms with E-state index >= 15 is 0 Å². The molecule has 3 nitrogen and oxygen atoms in total. The summed E-state index contributed by atoms with van der Waals surface area (Å²) in [7, 11) is 0. The first-order chi connectivity index (χ1) is 10.2. The Morgan fingerprint density at radius 3 is 2.52 bits per heavy atom. The molecule has 3 rings (SSSR count). The Kier molecular flexibility index (Phi) is 3.77. The molecule has 2 aromatic carbocycles. The highest BCUT2D eigenvalue weighted by Crippen LogP contribution is 2.25. The highest BCUT2D eigenvalue weighted by atomic mass is 19.1. The van der Waals surface area contributed by atoms with E-state index in [0.29, 0.717) is 23.7 Å². The summed E-state index contributed by atoms with van der Waals surface area (Å²) in [5.74, 6) is 0.529. The van der Waals surface area contributed by atoms with E-state index in [2.05, 4.69) is 10.1 Å². The van der Waals surface area contributed by atoms with Crippen LogP contribution in [-0.4, -0.2) is 10.1 Å². The molecule has 1 atom stereocenters. The monoisotopic (exact) mass is 282 g/mol. The fourth-order valence-corrected chi connectivity index (χ4v) is 2.25. The van der Waals surface area contributed by atoms with Crippen molar-refractivity contribution in [3.63, 3.8) is 0 Å². The van der Waals surface area contributed by atoms with Gasteiger partial charge in [0.1, 0.15) is 5.82 Å². The van der Waals surface area contributed by atoms with Gasteiger partial charge in [0.15, 0.2) is 5.82 Å². The van der Waals surface area contributed by atoms with Crippen LogP contribution in [0, 0.1) is 5.82 Å². The maximum Gasteiger partial charge on any atom is 0.234 e. The Morgan fingerprint density at radius 2 is 1.76 bits per heavy atom. The van der Waals surface area contributed by atoms with Crippen molar-refractivity contribution in [1.29, 1.82) is 0 Å². The van der Waals surface area contributed by atoms with Crippen molar-refractivity contribution >= 4 is 0 Å². The molecule has 1 aromatic heterocycles. The van der Waals surface area contributed by atoms with E-state index in [1.807, 2.05) is 37.3 Å². The van der Waals surface area contributed by atoms with Crippen molar-refractivity contribution in [3.05, 3.63) is 83.3 Å². The largest absolute Gasteiger partial charge is 0.339 e. The molecule has 106 valence electrons. The van der Waals surface area contributed by atoms with Gasteiger partial charge in [-0.3, -0.25) is 0 Å². The zero-order valence-electron chi connectivity index (χ0n) is 11.7. The van der Waals surface area contributed by atoms with E-state index in [1.54, 1.807) is 18.2 Å². The molecule has 0 aliphatic carbocycles. The standard InChI is InChI=1S/C17H15FN2O/c1-12(14-9-5-6-10-15(14)18)17-19-16(20-21-17)11-13-7-3-2-4-8-13/h2-10,12H,11H2,1H3. The highest BCUT2D eigenvalue weighted by molar-refractivity contribution is 5.26. The molecule has 0 fully saturated rings. The molecule has 0 aliphatic rings. The molecule has 0 spiro atoms. The van der Waals surface area contributed by atoms with Crippen molar-refractivity contribution < 1.29 is 8.91 Å². The van der Waals surface area contributed by atoms with Gasteiger partial charge in [-0.1, -0.05) is 53.7 Å². The third-order valence-electron chi connectivity index (χ3n) is 3.43. The normalized spacial score (nSPS) is 12.3. The van der Waals surface area contributed by atoms with Crippen LogP contribution in [0.3, 0.4) is 0 Å². The maximum atomic E-state index is 13.8. The third-order valence-corrected chi connectivity index (χ3v) is 3.43. The minimum atomic E-state index is -0.261. The van der Waals surface area contributed by atoms with E-state index in [0.717, 1.165) is 5.56 Å². The van der Waals surface area contributed by atoms with Gasteiger partial charge in [0, 0.05) is 6.42 Å². The Labute approximate surface area is 122 Å². The van der Waals surface area contributed by atoms with Crippen molar-refractivity contribution in [1.82, 2.24) is 10.1 Å². The van der Waals surface area contributed by atoms with Crippen LogP contribution >= 0.6 is 0 Å². The Hall–Kier alpha value is -2.49. The predicted molar refractivity (Wildman–Crippen MR) is 77.5 cm³/mol. The van der Waals surface area contributed by atoms with Gasteiger partial charge >= 0.3 is 0 Å². The first-order valence-electron chi connectivity index (χ1n) is 6.85. The van der Waals surface area contributed by atoms with Gasteiger partial charge in [-0.25, -0.2) is 4.39 Å². The van der Waals surface area contributed by atoms with E-state index in [9.17, 15) is 4.39 Å². The molecule has 0 saturated carbocycles. The van der Waals surface area contributed by atoms with Crippen molar-refractivity contribution in [3.8, 4) is 0 Å². The number of benzene rings is 2. The minimum absolute atomic E-state index is 0.257. The fourth-order valence-electron chi connectivity index (χ4n) is 2.25. The lowest BCUT2D eigenvalue weighted by molar-refractivity contribution is 0.364. The van der Waals surface area contributed by atoms with Crippen LogP contribution in [0.5, 0.6) is 0 Å². The van der Waals surface area contributed by atoms with Crippen LogP contribution in [0.1, 0.15) is 35.7 Å². The van der Waals surface area contributed by atoms with Gasteiger partial charge in [-0.2, -0.15) is 4.98 Å². The van der Waals surface area contributed by atoms with E-state index < -0.39 is 0 Å². The minimum Gasteiger partial charge on any atom is -0.339 e. The lowest BCUT2D eigenvalue weighted by atomic mass is 10.0. The molecule has 1 heterocycles. The number of hydrogen-bond acceptors (Lipinski definition) is 3. The average molecular weight is 282 g/mol. The van der Waals surface area contributed by atoms with E-state index in [1.165, 1.54) is 6.07 Å². The van der Waals surface area contributed by atoms with Gasteiger partial charge < -0.3 is 4.52 Å². The van der Waals surface area contributed by atoms with Crippen molar-refractivity contribution in [2.75, 3.05) is 0 Å². The highest BCUT2D eigenvalue weighted by Gasteiger charge is 2.19. The summed E-state index contributed by atoms with van der Waals surface area (Å²) in [5, 5.41) is 3.98. The Morgan fingerprint density at radius 1 is 1.05 bits per heavy atom. The number of rotatable bonds is 4. The van der Waals surface area contributed by atoms with Gasteiger partial charge in [-0.05, 0) is 24.1 Å². The third kappa shape index (κ3) is 2.99. The summed E-state index contributed by atoms with van der Waals surface area (Å²) in [6, 6.07) is 16.6. The Balaban J connectivity index is 1.80. The molecule has 1 unspecified atom stereocenters. The number of nitrogens with zero attached hydrogens (tertiary/aromatic N) is 2. The molecule has 3 aromatic rings. The lowest BCUT2D eigenvalue weighted by Gasteiger charge is -2.07. The molecule has 0 radical (unpaired) electrons. The molecule has 4 heteroatoms. The second-order valence-corrected chi connectivity index (χ2v) is 4.95. The maximum absolute atomic E-state index is 13.8. The fraction of sp³-hybridized carbons (Fsp3) is 0.176. The summed E-state index contributed by atoms with van der Waals surface area (Å²) in [4.78, 5) is 4.38. The topological polar surface area (TPSA) is 38.9 Å². The Bertz CT molecular complexity index is 724. The van der Waals surface area contributed by atoms with Gasteiger partial charge in [0.25, 0.3) is 0 Å². The SMILES string of the molecule is CC(c1nc(Cc2ccccc2)no1)c1ccccc1F. The molecule has 0 aliphatic heterocycles. The molecule has 0 N–H and O–H groups in total. The summed E-state index contributed by atoms with van der Waals surface area (Å²) in [5.41, 5.74) is 1.68. The van der Waals surface area contributed by atoms with Crippen molar-refractivity contribution in [2.24, 2.45) is 0 Å². The van der Waals surface area contributed by atoms with Crippen LogP contribution in [0.25, 0.3) is 0 Å². The van der Waals surface area contributed by atoms with Crippen LogP contribution in [0.4, 0.5) is 4.39 Å². The van der Waals surface area contributed by atoms with Crippen molar-refractivity contribution in [2.45, 2.75) is 19.3 Å². The molecule has 0 amide bonds. The average Bonchev–Trinajstić information content (AvgIpc) is 2.97. The molecular formula is C17H15FN2O. The summed E-state index contributed by atoms with van der Waals surface area (Å²) < 4.78 is 19.1. The quantitative estimate of drug-likeness (QED) is 0.727. The van der Waals surface area contributed by atoms with Gasteiger partial charge in [0.2, 0.25) is 5.89 Å². The summed E-state index contributed by atoms with van der Waals surface area (Å²) >= 11 is 0. The molecule has 0 saturated heterocycles. The van der Waals surface area contributed by atoms with Crippen LogP contribution in [0.15, 0.2) is 59.1 Å².